The molecule has 6 nitrogen and oxygen atoms in total. The van der Waals surface area contributed by atoms with Crippen LogP contribution in [0, 0.1) is 5.92 Å². The van der Waals surface area contributed by atoms with Crippen molar-refractivity contribution in [3.8, 4) is 0 Å². The number of amides is 1. The highest BCUT2D eigenvalue weighted by atomic mass is 16.2. The van der Waals surface area contributed by atoms with Crippen LogP contribution < -0.4 is 4.90 Å². The van der Waals surface area contributed by atoms with Gasteiger partial charge < -0.3 is 9.80 Å². The fraction of sp³-hybridized carbons (Fsp3) is 0.409. The smallest absolute Gasteiger partial charge is 0.227 e. The molecule has 1 saturated heterocycles. The van der Waals surface area contributed by atoms with Crippen molar-refractivity contribution in [3.05, 3.63) is 53.7 Å². The second-order valence-electron chi connectivity index (χ2n) is 7.88. The molecule has 28 heavy (non-hydrogen) atoms. The fourth-order valence-corrected chi connectivity index (χ4v) is 4.60. The Balaban J connectivity index is 1.34. The van der Waals surface area contributed by atoms with Crippen molar-refractivity contribution in [2.24, 2.45) is 13.0 Å². The predicted octanol–water partition coefficient (Wildman–Crippen LogP) is 2.77. The molecule has 0 bridgehead atoms. The first-order chi connectivity index (χ1) is 13.7. The van der Waals surface area contributed by atoms with E-state index in [1.165, 1.54) is 11.1 Å². The summed E-state index contributed by atoms with van der Waals surface area (Å²) in [7, 11) is 2.00. The van der Waals surface area contributed by atoms with Gasteiger partial charge in [0, 0.05) is 39.4 Å². The van der Waals surface area contributed by atoms with Crippen LogP contribution >= 0.6 is 0 Å². The largest absolute Gasteiger partial charge is 0.341 e. The number of piperidine rings is 1. The number of benzene rings is 1. The van der Waals surface area contributed by atoms with E-state index in [1.807, 2.05) is 28.6 Å². The van der Waals surface area contributed by atoms with E-state index in [9.17, 15) is 4.79 Å². The van der Waals surface area contributed by atoms with E-state index in [-0.39, 0.29) is 11.8 Å². The summed E-state index contributed by atoms with van der Waals surface area (Å²) < 4.78 is 2.04. The Bertz CT molecular complexity index is 1030. The van der Waals surface area contributed by atoms with Crippen LogP contribution in [-0.4, -0.2) is 45.0 Å². The molecule has 2 aromatic heterocycles. The molecule has 0 spiro atoms. The minimum absolute atomic E-state index is 0.0341. The zero-order chi connectivity index (χ0) is 19.1. The lowest BCUT2D eigenvalue weighted by molar-refractivity contribution is -0.136. The van der Waals surface area contributed by atoms with Crippen molar-refractivity contribution in [2.75, 3.05) is 24.5 Å². The number of nitrogens with zero attached hydrogens (tertiary/aromatic N) is 5. The number of aryl methyl sites for hydroxylation is 1. The molecule has 0 radical (unpaired) electrons. The lowest BCUT2D eigenvalue weighted by Crippen LogP contribution is -2.46. The van der Waals surface area contributed by atoms with Gasteiger partial charge in [0.2, 0.25) is 11.9 Å². The second kappa shape index (κ2) is 6.93. The SMILES string of the molecule is Cn1c(N2CCCC(C(=O)N3CCc4ccccc4C3)C2)nc2cccnc21. The van der Waals surface area contributed by atoms with Gasteiger partial charge in [0.25, 0.3) is 0 Å². The van der Waals surface area contributed by atoms with Crippen molar-refractivity contribution in [1.29, 1.82) is 0 Å². The van der Waals surface area contributed by atoms with E-state index < -0.39 is 0 Å². The zero-order valence-corrected chi connectivity index (χ0v) is 16.2. The van der Waals surface area contributed by atoms with Gasteiger partial charge in [-0.2, -0.15) is 0 Å². The number of hydrogen-bond acceptors (Lipinski definition) is 4. The van der Waals surface area contributed by atoms with Gasteiger partial charge in [0.05, 0.1) is 5.92 Å². The van der Waals surface area contributed by atoms with E-state index in [4.69, 9.17) is 4.98 Å². The fourth-order valence-electron chi connectivity index (χ4n) is 4.60. The van der Waals surface area contributed by atoms with Crippen molar-refractivity contribution in [2.45, 2.75) is 25.8 Å². The van der Waals surface area contributed by atoms with Crippen molar-refractivity contribution in [3.63, 3.8) is 0 Å². The van der Waals surface area contributed by atoms with Crippen LogP contribution in [0.2, 0.25) is 0 Å². The topological polar surface area (TPSA) is 54.3 Å². The number of hydrogen-bond donors (Lipinski definition) is 0. The Morgan fingerprint density at radius 3 is 2.82 bits per heavy atom. The molecular weight excluding hydrogens is 350 g/mol. The van der Waals surface area contributed by atoms with Gasteiger partial charge in [-0.1, -0.05) is 24.3 Å². The quantitative estimate of drug-likeness (QED) is 0.691. The van der Waals surface area contributed by atoms with Crippen LogP contribution in [0.1, 0.15) is 24.0 Å². The first-order valence-electron chi connectivity index (χ1n) is 10.1. The Kier molecular flexibility index (Phi) is 4.26. The number of fused-ring (bicyclic) bond motifs is 2. The number of rotatable bonds is 2. The maximum absolute atomic E-state index is 13.3. The van der Waals surface area contributed by atoms with Gasteiger partial charge in [-0.25, -0.2) is 9.97 Å². The maximum atomic E-state index is 13.3. The van der Waals surface area contributed by atoms with Gasteiger partial charge in [0.1, 0.15) is 5.52 Å². The number of imidazole rings is 1. The summed E-state index contributed by atoms with van der Waals surface area (Å²) in [5.74, 6) is 1.23. The van der Waals surface area contributed by atoms with Crippen LogP contribution in [0.15, 0.2) is 42.6 Å². The van der Waals surface area contributed by atoms with Crippen molar-refractivity contribution < 1.29 is 4.79 Å². The van der Waals surface area contributed by atoms with Crippen molar-refractivity contribution in [1.82, 2.24) is 19.4 Å². The molecule has 1 unspecified atom stereocenters. The summed E-state index contributed by atoms with van der Waals surface area (Å²) in [5, 5.41) is 0. The molecule has 6 heteroatoms. The number of carbonyl (C=O) groups is 1. The molecule has 2 aliphatic heterocycles. The molecule has 4 heterocycles. The first kappa shape index (κ1) is 17.2. The third-order valence-electron chi connectivity index (χ3n) is 6.10. The van der Waals surface area contributed by atoms with E-state index in [1.54, 1.807) is 6.20 Å². The number of anilines is 1. The lowest BCUT2D eigenvalue weighted by Gasteiger charge is -2.37. The van der Waals surface area contributed by atoms with Gasteiger partial charge in [-0.05, 0) is 42.5 Å². The highest BCUT2D eigenvalue weighted by molar-refractivity contribution is 5.80. The van der Waals surface area contributed by atoms with Gasteiger partial charge in [-0.3, -0.25) is 9.36 Å². The Morgan fingerprint density at radius 2 is 1.96 bits per heavy atom. The standard InChI is InChI=1S/C22H25N5O/c1-25-20-19(9-4-11-23-20)24-22(25)27-12-5-8-18(15-27)21(28)26-13-10-16-6-2-3-7-17(16)14-26/h2-4,6-7,9,11,18H,5,8,10,12-15H2,1H3. The van der Waals surface area contributed by atoms with E-state index >= 15 is 0 Å². The number of aromatic nitrogens is 3. The molecule has 2 aliphatic rings. The normalized spacial score (nSPS) is 19.7. The summed E-state index contributed by atoms with van der Waals surface area (Å²) in [6.07, 6.45) is 4.71. The molecule has 1 aromatic carbocycles. The number of carbonyl (C=O) groups excluding carboxylic acids is 1. The second-order valence-corrected chi connectivity index (χ2v) is 7.88. The molecule has 3 aromatic rings. The Labute approximate surface area is 164 Å². The van der Waals surface area contributed by atoms with Crippen LogP contribution in [0.25, 0.3) is 11.2 Å². The molecule has 0 aliphatic carbocycles. The lowest BCUT2D eigenvalue weighted by atomic mass is 9.94. The zero-order valence-electron chi connectivity index (χ0n) is 16.2. The summed E-state index contributed by atoms with van der Waals surface area (Å²) in [5.41, 5.74) is 4.46. The molecule has 0 saturated carbocycles. The summed E-state index contributed by atoms with van der Waals surface area (Å²) in [6, 6.07) is 12.4. The van der Waals surface area contributed by atoms with Gasteiger partial charge in [0.15, 0.2) is 5.65 Å². The monoisotopic (exact) mass is 375 g/mol. The average molecular weight is 375 g/mol. The van der Waals surface area contributed by atoms with Crippen LogP contribution in [0.5, 0.6) is 0 Å². The van der Waals surface area contributed by atoms with Gasteiger partial charge in [-0.15, -0.1) is 0 Å². The summed E-state index contributed by atoms with van der Waals surface area (Å²) in [6.45, 7) is 3.22. The highest BCUT2D eigenvalue weighted by Crippen LogP contribution is 2.27. The van der Waals surface area contributed by atoms with Crippen LogP contribution in [0.3, 0.4) is 0 Å². The van der Waals surface area contributed by atoms with Crippen LogP contribution in [-0.2, 0) is 24.8 Å². The van der Waals surface area contributed by atoms with E-state index in [0.717, 1.165) is 62.6 Å². The summed E-state index contributed by atoms with van der Waals surface area (Å²) >= 11 is 0. The molecule has 1 atom stereocenters. The van der Waals surface area contributed by atoms with E-state index in [0.29, 0.717) is 0 Å². The first-order valence-corrected chi connectivity index (χ1v) is 10.1. The molecular formula is C22H25N5O. The molecule has 5 rings (SSSR count). The number of pyridine rings is 1. The minimum atomic E-state index is 0.0341. The highest BCUT2D eigenvalue weighted by Gasteiger charge is 2.32. The summed E-state index contributed by atoms with van der Waals surface area (Å²) in [4.78, 5) is 26.8. The predicted molar refractivity (Wildman–Crippen MR) is 109 cm³/mol. The van der Waals surface area contributed by atoms with Crippen molar-refractivity contribution >= 4 is 23.0 Å². The van der Waals surface area contributed by atoms with E-state index in [2.05, 4.69) is 34.1 Å². The molecule has 1 fully saturated rings. The minimum Gasteiger partial charge on any atom is -0.341 e. The molecule has 1 amide bonds. The van der Waals surface area contributed by atoms with Crippen LogP contribution in [0.4, 0.5) is 5.95 Å². The molecule has 144 valence electrons. The van der Waals surface area contributed by atoms with Gasteiger partial charge >= 0.3 is 0 Å². The Morgan fingerprint density at radius 1 is 1.11 bits per heavy atom. The third-order valence-corrected chi connectivity index (χ3v) is 6.10. The average Bonchev–Trinajstić information content (AvgIpc) is 3.10. The maximum Gasteiger partial charge on any atom is 0.227 e. The Hall–Kier alpha value is -2.89. The molecule has 0 N–H and O–H groups in total. The third kappa shape index (κ3) is 2.93.